The number of hydrogen-bond acceptors (Lipinski definition) is 3. The SMILES string of the molecule is Cc1cccc2[nH]cc(CCNC(=O)CNC(=O)CN)c12.Cl. The van der Waals surface area contributed by atoms with E-state index in [1.807, 2.05) is 18.3 Å². The van der Waals surface area contributed by atoms with Crippen LogP contribution in [0.4, 0.5) is 0 Å². The Kier molecular flexibility index (Phi) is 6.88. The van der Waals surface area contributed by atoms with Gasteiger partial charge < -0.3 is 21.4 Å². The Hall–Kier alpha value is -2.05. The molecule has 2 aromatic rings. The van der Waals surface area contributed by atoms with Gasteiger partial charge in [-0.15, -0.1) is 12.4 Å². The molecule has 0 bridgehead atoms. The Morgan fingerprint density at radius 1 is 1.23 bits per heavy atom. The van der Waals surface area contributed by atoms with E-state index in [-0.39, 0.29) is 37.3 Å². The van der Waals surface area contributed by atoms with E-state index < -0.39 is 0 Å². The average molecular weight is 325 g/mol. The first-order valence-electron chi connectivity index (χ1n) is 6.91. The highest BCUT2D eigenvalue weighted by atomic mass is 35.5. The van der Waals surface area contributed by atoms with E-state index in [1.54, 1.807) is 0 Å². The molecule has 0 saturated carbocycles. The summed E-state index contributed by atoms with van der Waals surface area (Å²) in [5, 5.41) is 6.42. The lowest BCUT2D eigenvalue weighted by Gasteiger charge is -2.06. The molecule has 1 aromatic heterocycles. The van der Waals surface area contributed by atoms with Crippen molar-refractivity contribution in [2.75, 3.05) is 19.6 Å². The minimum atomic E-state index is -0.336. The number of carbonyl (C=O) groups is 2. The lowest BCUT2D eigenvalue weighted by Crippen LogP contribution is -2.40. The summed E-state index contributed by atoms with van der Waals surface area (Å²) in [6.45, 7) is 2.45. The Balaban J connectivity index is 0.00000242. The summed E-state index contributed by atoms with van der Waals surface area (Å²) < 4.78 is 0. The van der Waals surface area contributed by atoms with Gasteiger partial charge >= 0.3 is 0 Å². The highest BCUT2D eigenvalue weighted by molar-refractivity contribution is 5.87. The molecule has 2 amide bonds. The summed E-state index contributed by atoms with van der Waals surface area (Å²) in [4.78, 5) is 25.7. The lowest BCUT2D eigenvalue weighted by molar-refractivity contribution is -0.125. The molecule has 5 N–H and O–H groups in total. The summed E-state index contributed by atoms with van der Waals surface area (Å²) in [7, 11) is 0. The van der Waals surface area contributed by atoms with Crippen molar-refractivity contribution >= 4 is 35.1 Å². The number of fused-ring (bicyclic) bond motifs is 1. The van der Waals surface area contributed by atoms with Crippen LogP contribution in [0.25, 0.3) is 10.9 Å². The number of carbonyl (C=O) groups excluding carboxylic acids is 2. The Bertz CT molecular complexity index is 654. The molecule has 0 unspecified atom stereocenters. The third kappa shape index (κ3) is 4.47. The fraction of sp³-hybridized carbons (Fsp3) is 0.333. The van der Waals surface area contributed by atoms with Crippen molar-refractivity contribution in [3.05, 3.63) is 35.5 Å². The van der Waals surface area contributed by atoms with Crippen LogP contribution >= 0.6 is 12.4 Å². The molecule has 2 rings (SSSR count). The number of rotatable bonds is 6. The smallest absolute Gasteiger partial charge is 0.239 e. The molecule has 6 nitrogen and oxygen atoms in total. The van der Waals surface area contributed by atoms with Gasteiger partial charge in [0, 0.05) is 23.6 Å². The van der Waals surface area contributed by atoms with Crippen LogP contribution in [0.1, 0.15) is 11.1 Å². The number of nitrogens with one attached hydrogen (secondary N) is 3. The lowest BCUT2D eigenvalue weighted by atomic mass is 10.1. The Labute approximate surface area is 135 Å². The van der Waals surface area contributed by atoms with Crippen molar-refractivity contribution in [3.63, 3.8) is 0 Å². The first-order chi connectivity index (χ1) is 10.1. The summed E-state index contributed by atoms with van der Waals surface area (Å²) in [6, 6.07) is 6.12. The van der Waals surface area contributed by atoms with Gasteiger partial charge in [-0.1, -0.05) is 12.1 Å². The van der Waals surface area contributed by atoms with Gasteiger partial charge in [0.1, 0.15) is 0 Å². The van der Waals surface area contributed by atoms with Gasteiger partial charge in [-0.2, -0.15) is 0 Å². The molecule has 0 aliphatic heterocycles. The van der Waals surface area contributed by atoms with Gasteiger partial charge in [-0.3, -0.25) is 9.59 Å². The van der Waals surface area contributed by atoms with Gasteiger partial charge in [0.2, 0.25) is 11.8 Å². The van der Waals surface area contributed by atoms with Crippen LogP contribution < -0.4 is 16.4 Å². The summed E-state index contributed by atoms with van der Waals surface area (Å²) >= 11 is 0. The molecule has 0 aliphatic carbocycles. The molecule has 0 saturated heterocycles. The number of nitrogens with two attached hydrogens (primary N) is 1. The first-order valence-corrected chi connectivity index (χ1v) is 6.91. The predicted molar refractivity (Wildman–Crippen MR) is 89.1 cm³/mol. The van der Waals surface area contributed by atoms with Crippen LogP contribution in [0.3, 0.4) is 0 Å². The van der Waals surface area contributed by atoms with Gasteiger partial charge in [0.15, 0.2) is 0 Å². The highest BCUT2D eigenvalue weighted by Gasteiger charge is 2.07. The van der Waals surface area contributed by atoms with Crippen molar-refractivity contribution in [2.45, 2.75) is 13.3 Å². The average Bonchev–Trinajstić information content (AvgIpc) is 2.89. The zero-order chi connectivity index (χ0) is 15.2. The fourth-order valence-corrected chi connectivity index (χ4v) is 2.30. The third-order valence-corrected chi connectivity index (χ3v) is 3.34. The Morgan fingerprint density at radius 3 is 2.73 bits per heavy atom. The molecule has 0 fully saturated rings. The molecule has 22 heavy (non-hydrogen) atoms. The maximum absolute atomic E-state index is 11.5. The van der Waals surface area contributed by atoms with Gasteiger partial charge in [0.05, 0.1) is 13.1 Å². The first kappa shape index (κ1) is 18.0. The van der Waals surface area contributed by atoms with E-state index in [4.69, 9.17) is 5.73 Å². The molecular formula is C15H21ClN4O2. The van der Waals surface area contributed by atoms with Crippen LogP contribution in [0.15, 0.2) is 24.4 Å². The number of H-pyrrole nitrogens is 1. The van der Waals surface area contributed by atoms with Gasteiger partial charge in [-0.25, -0.2) is 0 Å². The largest absolute Gasteiger partial charge is 0.361 e. The van der Waals surface area contributed by atoms with Crippen molar-refractivity contribution < 1.29 is 9.59 Å². The van der Waals surface area contributed by atoms with Crippen molar-refractivity contribution in [3.8, 4) is 0 Å². The number of halogens is 1. The number of hydrogen-bond donors (Lipinski definition) is 4. The standard InChI is InChI=1S/C15H20N4O2.ClH/c1-10-3-2-4-12-15(10)11(8-18-12)5-6-17-14(21)9-19-13(20)7-16;/h2-4,8,18H,5-7,9,16H2,1H3,(H,17,21)(H,19,20);1H. The zero-order valence-electron chi connectivity index (χ0n) is 12.4. The quantitative estimate of drug-likeness (QED) is 0.627. The molecule has 0 atom stereocenters. The van der Waals surface area contributed by atoms with Crippen LogP contribution in [0.5, 0.6) is 0 Å². The third-order valence-electron chi connectivity index (χ3n) is 3.34. The molecule has 1 heterocycles. The van der Waals surface area contributed by atoms with E-state index >= 15 is 0 Å². The van der Waals surface area contributed by atoms with Gasteiger partial charge in [-0.05, 0) is 30.5 Å². The topological polar surface area (TPSA) is 100 Å². The predicted octanol–water partition coefficient (Wildman–Crippen LogP) is 0.632. The second-order valence-electron chi connectivity index (χ2n) is 4.89. The van der Waals surface area contributed by atoms with Crippen molar-refractivity contribution in [1.82, 2.24) is 15.6 Å². The molecule has 7 heteroatoms. The fourth-order valence-electron chi connectivity index (χ4n) is 2.30. The number of aromatic amines is 1. The molecule has 1 aromatic carbocycles. The van der Waals surface area contributed by atoms with Crippen LogP contribution in [0.2, 0.25) is 0 Å². The minimum Gasteiger partial charge on any atom is -0.361 e. The highest BCUT2D eigenvalue weighted by Crippen LogP contribution is 2.22. The van der Waals surface area contributed by atoms with Crippen molar-refractivity contribution in [1.29, 1.82) is 0 Å². The minimum absolute atomic E-state index is 0. The molecule has 0 radical (unpaired) electrons. The van der Waals surface area contributed by atoms with Crippen LogP contribution in [-0.4, -0.2) is 36.4 Å². The normalized spacial score (nSPS) is 10.1. The van der Waals surface area contributed by atoms with Crippen molar-refractivity contribution in [2.24, 2.45) is 5.73 Å². The number of amides is 2. The van der Waals surface area contributed by atoms with Crippen LogP contribution in [-0.2, 0) is 16.0 Å². The Morgan fingerprint density at radius 2 is 2.00 bits per heavy atom. The molecule has 0 aliphatic rings. The number of aryl methyl sites for hydroxylation is 1. The molecule has 120 valence electrons. The molecular weight excluding hydrogens is 304 g/mol. The monoisotopic (exact) mass is 324 g/mol. The maximum Gasteiger partial charge on any atom is 0.239 e. The molecule has 0 spiro atoms. The number of benzene rings is 1. The maximum atomic E-state index is 11.5. The number of aromatic nitrogens is 1. The van der Waals surface area contributed by atoms with E-state index in [9.17, 15) is 9.59 Å². The van der Waals surface area contributed by atoms with E-state index in [0.717, 1.165) is 11.9 Å². The van der Waals surface area contributed by atoms with E-state index in [0.29, 0.717) is 6.54 Å². The second-order valence-corrected chi connectivity index (χ2v) is 4.89. The summed E-state index contributed by atoms with van der Waals surface area (Å²) in [5.74, 6) is -0.550. The van der Waals surface area contributed by atoms with Crippen LogP contribution in [0, 0.1) is 6.92 Å². The van der Waals surface area contributed by atoms with Gasteiger partial charge in [0.25, 0.3) is 0 Å². The second kappa shape index (κ2) is 8.41. The van der Waals surface area contributed by atoms with E-state index in [2.05, 4.69) is 28.6 Å². The van der Waals surface area contributed by atoms with E-state index in [1.165, 1.54) is 16.5 Å². The summed E-state index contributed by atoms with van der Waals surface area (Å²) in [5.41, 5.74) is 8.63. The zero-order valence-corrected chi connectivity index (χ0v) is 13.3. The summed E-state index contributed by atoms with van der Waals surface area (Å²) in [6.07, 6.45) is 2.71.